The number of halogens is 2. The second-order valence-corrected chi connectivity index (χ2v) is 17.3. The summed E-state index contributed by atoms with van der Waals surface area (Å²) >= 11 is 12.7. The minimum Gasteiger partial charge on any atom is -0.162 e. The van der Waals surface area contributed by atoms with Gasteiger partial charge in [0, 0.05) is 0 Å². The van der Waals surface area contributed by atoms with Gasteiger partial charge in [0.05, 0.1) is 0 Å². The fraction of sp³-hybridized carbons (Fsp3) is 0.556. The van der Waals surface area contributed by atoms with E-state index in [9.17, 15) is 0 Å². The number of hydrogen-bond acceptors (Lipinski definition) is 0. The third kappa shape index (κ3) is 2.98. The minimum atomic E-state index is -1.62. The van der Waals surface area contributed by atoms with Crippen molar-refractivity contribution < 1.29 is 0 Å². The molecule has 0 fully saturated rings. The van der Waals surface area contributed by atoms with E-state index in [0.29, 0.717) is 0 Å². The Labute approximate surface area is 92.1 Å². The fourth-order valence-corrected chi connectivity index (χ4v) is 4.48. The van der Waals surface area contributed by atoms with E-state index >= 15 is 0 Å². The summed E-state index contributed by atoms with van der Waals surface area (Å²) in [6.07, 6.45) is 5.53. The van der Waals surface area contributed by atoms with Crippen LogP contribution < -0.4 is 0 Å². The van der Waals surface area contributed by atoms with Crippen LogP contribution in [-0.2, 0) is 0 Å². The molecule has 0 amide bonds. The summed E-state index contributed by atoms with van der Waals surface area (Å²) in [4.78, 5) is 0. The highest BCUT2D eigenvalue weighted by Gasteiger charge is 2.30. The van der Waals surface area contributed by atoms with E-state index in [1.807, 2.05) is 0 Å². The molecule has 0 saturated carbocycles. The average Bonchev–Trinajstić information content (AvgIpc) is 2.28. The van der Waals surface area contributed by atoms with Gasteiger partial charge in [0.15, 0.2) is 14.8 Å². The molecule has 0 N–H and O–H groups in total. The van der Waals surface area contributed by atoms with Crippen LogP contribution in [0.1, 0.15) is 6.42 Å². The first-order valence-corrected chi connectivity index (χ1v) is 12.5. The minimum absolute atomic E-state index is 1.03. The second kappa shape index (κ2) is 3.57. The highest BCUT2D eigenvalue weighted by atomic mass is 35.6. The van der Waals surface area contributed by atoms with Crippen molar-refractivity contribution in [2.75, 3.05) is 0 Å². The zero-order valence-corrected chi connectivity index (χ0v) is 12.1. The SMILES string of the molecule is C[Si](C)(Cl)C1=CCC([Si](C)(C)Cl)=C1. The average molecular weight is 251 g/mol. The Morgan fingerprint density at radius 3 is 1.85 bits per heavy atom. The van der Waals surface area contributed by atoms with Crippen LogP contribution in [0.3, 0.4) is 0 Å². The Bertz CT molecular complexity index is 266. The van der Waals surface area contributed by atoms with Crippen molar-refractivity contribution in [1.82, 2.24) is 0 Å². The van der Waals surface area contributed by atoms with Gasteiger partial charge in [-0.3, -0.25) is 0 Å². The molecule has 0 heterocycles. The van der Waals surface area contributed by atoms with Crippen LogP contribution in [0.4, 0.5) is 0 Å². The first kappa shape index (κ1) is 11.6. The first-order valence-electron chi connectivity index (χ1n) is 4.51. The predicted octanol–water partition coefficient (Wildman–Crippen LogP) is 4.21. The summed E-state index contributed by atoms with van der Waals surface area (Å²) in [6.45, 7) is 8.64. The molecule has 13 heavy (non-hydrogen) atoms. The van der Waals surface area contributed by atoms with Gasteiger partial charge in [-0.1, -0.05) is 43.5 Å². The molecule has 74 valence electrons. The Kier molecular flexibility index (Phi) is 3.18. The molecule has 0 unspecified atom stereocenters. The van der Waals surface area contributed by atoms with Gasteiger partial charge in [-0.2, -0.15) is 22.2 Å². The van der Waals surface area contributed by atoms with Gasteiger partial charge in [0.25, 0.3) is 0 Å². The largest absolute Gasteiger partial charge is 0.180 e. The smallest absolute Gasteiger partial charge is 0.162 e. The molecule has 0 saturated heterocycles. The van der Waals surface area contributed by atoms with Crippen molar-refractivity contribution in [1.29, 1.82) is 0 Å². The summed E-state index contributed by atoms with van der Waals surface area (Å²) in [5, 5.41) is 2.77. The maximum absolute atomic E-state index is 6.36. The van der Waals surface area contributed by atoms with Crippen LogP contribution >= 0.6 is 22.2 Å². The van der Waals surface area contributed by atoms with E-state index in [-0.39, 0.29) is 0 Å². The molecule has 1 aliphatic rings. The summed E-state index contributed by atoms with van der Waals surface area (Å²) in [5.74, 6) is 0. The van der Waals surface area contributed by atoms with Crippen LogP contribution in [0, 0.1) is 0 Å². The number of rotatable bonds is 2. The van der Waals surface area contributed by atoms with Gasteiger partial charge in [0.2, 0.25) is 0 Å². The molecular formula is C9H16Cl2Si2. The molecule has 4 heteroatoms. The molecule has 0 aliphatic heterocycles. The van der Waals surface area contributed by atoms with Crippen LogP contribution in [0.25, 0.3) is 0 Å². The second-order valence-electron chi connectivity index (χ2n) is 4.48. The van der Waals surface area contributed by atoms with E-state index < -0.39 is 14.8 Å². The molecule has 0 bridgehead atoms. The summed E-state index contributed by atoms with van der Waals surface area (Å²) in [6, 6.07) is 0. The van der Waals surface area contributed by atoms with Crippen molar-refractivity contribution in [3.8, 4) is 0 Å². The van der Waals surface area contributed by atoms with Crippen molar-refractivity contribution in [2.24, 2.45) is 0 Å². The number of hydrogen-bond donors (Lipinski definition) is 0. The first-order chi connectivity index (χ1) is 5.71. The summed E-state index contributed by atoms with van der Waals surface area (Å²) in [7, 11) is -3.22. The normalized spacial score (nSPS) is 18.6. The van der Waals surface area contributed by atoms with Crippen molar-refractivity contribution in [3.63, 3.8) is 0 Å². The molecule has 0 aromatic carbocycles. The summed E-state index contributed by atoms with van der Waals surface area (Å²) < 4.78 is 0. The molecule has 0 spiro atoms. The Hall–Kier alpha value is 0.494. The van der Waals surface area contributed by atoms with Crippen LogP contribution in [0.15, 0.2) is 22.5 Å². The molecule has 0 aromatic rings. The van der Waals surface area contributed by atoms with Gasteiger partial charge < -0.3 is 0 Å². The lowest BCUT2D eigenvalue weighted by molar-refractivity contribution is 1.37. The van der Waals surface area contributed by atoms with E-state index in [4.69, 9.17) is 22.2 Å². The van der Waals surface area contributed by atoms with Gasteiger partial charge in [-0.15, -0.1) is 0 Å². The fourth-order valence-electron chi connectivity index (χ4n) is 1.35. The predicted molar refractivity (Wildman–Crippen MR) is 67.5 cm³/mol. The maximum atomic E-state index is 6.36. The molecular weight excluding hydrogens is 235 g/mol. The van der Waals surface area contributed by atoms with E-state index in [1.165, 1.54) is 10.4 Å². The van der Waals surface area contributed by atoms with E-state index in [2.05, 4.69) is 38.3 Å². The van der Waals surface area contributed by atoms with Crippen molar-refractivity contribution in [3.05, 3.63) is 22.5 Å². The van der Waals surface area contributed by atoms with Gasteiger partial charge in [0.1, 0.15) is 0 Å². The monoisotopic (exact) mass is 250 g/mol. The summed E-state index contributed by atoms with van der Waals surface area (Å²) in [5.41, 5.74) is 0. The van der Waals surface area contributed by atoms with Gasteiger partial charge in [-0.25, -0.2) is 0 Å². The maximum Gasteiger partial charge on any atom is 0.180 e. The molecule has 0 radical (unpaired) electrons. The van der Waals surface area contributed by atoms with Crippen LogP contribution in [-0.4, -0.2) is 14.8 Å². The Balaban J connectivity index is 2.84. The van der Waals surface area contributed by atoms with Crippen molar-refractivity contribution in [2.45, 2.75) is 32.6 Å². The van der Waals surface area contributed by atoms with Crippen molar-refractivity contribution >= 4 is 36.9 Å². The molecule has 0 atom stereocenters. The Morgan fingerprint density at radius 1 is 1.08 bits per heavy atom. The topological polar surface area (TPSA) is 0 Å². The quantitative estimate of drug-likeness (QED) is 0.509. The molecule has 1 aliphatic carbocycles. The number of allylic oxidation sites excluding steroid dienone is 4. The van der Waals surface area contributed by atoms with Gasteiger partial charge >= 0.3 is 0 Å². The molecule has 0 aromatic heterocycles. The highest BCUT2D eigenvalue weighted by Crippen LogP contribution is 2.33. The zero-order valence-electron chi connectivity index (χ0n) is 8.62. The molecule has 0 nitrogen and oxygen atoms in total. The highest BCUT2D eigenvalue weighted by molar-refractivity contribution is 7.24. The third-order valence-electron chi connectivity index (χ3n) is 2.32. The van der Waals surface area contributed by atoms with E-state index in [0.717, 1.165) is 6.42 Å². The lowest BCUT2D eigenvalue weighted by Gasteiger charge is -2.15. The Morgan fingerprint density at radius 2 is 1.62 bits per heavy atom. The standard InChI is InChI=1S/C9H16Cl2Si2/c1-12(2,10)8-5-6-9(7-8)13(3,4)11/h5,7H,6H2,1-4H3. The zero-order chi connectivity index (χ0) is 10.3. The lowest BCUT2D eigenvalue weighted by Crippen LogP contribution is -2.21. The van der Waals surface area contributed by atoms with E-state index in [1.54, 1.807) is 0 Å². The molecule has 1 rings (SSSR count). The van der Waals surface area contributed by atoms with Crippen LogP contribution in [0.2, 0.25) is 26.2 Å². The lowest BCUT2D eigenvalue weighted by atomic mass is 10.5. The van der Waals surface area contributed by atoms with Crippen LogP contribution in [0.5, 0.6) is 0 Å². The third-order valence-corrected chi connectivity index (χ3v) is 7.30. The van der Waals surface area contributed by atoms with Gasteiger partial charge in [-0.05, 0) is 11.6 Å².